The predicted molar refractivity (Wildman–Crippen MR) is 51.7 cm³/mol. The Morgan fingerprint density at radius 2 is 2.07 bits per heavy atom. The number of allylic oxidation sites excluding steroid dienone is 1. The molecule has 0 aliphatic heterocycles. The van der Waals surface area contributed by atoms with Crippen molar-refractivity contribution in [3.63, 3.8) is 0 Å². The lowest BCUT2D eigenvalue weighted by Crippen LogP contribution is -1.96. The van der Waals surface area contributed by atoms with Gasteiger partial charge in [0.05, 0.1) is 4.92 Å². The van der Waals surface area contributed by atoms with E-state index in [9.17, 15) is 14.5 Å². The summed E-state index contributed by atoms with van der Waals surface area (Å²) in [5.41, 5.74) is 0.761. The zero-order chi connectivity index (χ0) is 10.6. The maximum absolute atomic E-state index is 12.5. The third-order valence-electron chi connectivity index (χ3n) is 1.80. The second-order valence-corrected chi connectivity index (χ2v) is 2.80. The number of hydrogen-bond acceptors (Lipinski definition) is 2. The van der Waals surface area contributed by atoms with Crippen LogP contribution in [-0.4, -0.2) is 4.92 Å². The summed E-state index contributed by atoms with van der Waals surface area (Å²) >= 11 is 0. The molecule has 0 atom stereocenters. The van der Waals surface area contributed by atoms with Crippen LogP contribution in [0.2, 0.25) is 0 Å². The standard InChI is InChI=1S/C10H10FNO2/c1-2-10(12(13)14)7-8-3-5-9(11)6-4-8/h3-7H,2H2,1H3/b10-7+. The molecule has 0 unspecified atom stereocenters. The molecule has 14 heavy (non-hydrogen) atoms. The van der Waals surface area contributed by atoms with E-state index in [0.717, 1.165) is 0 Å². The summed E-state index contributed by atoms with van der Waals surface area (Å²) in [4.78, 5) is 10.0. The molecule has 3 nitrogen and oxygen atoms in total. The summed E-state index contributed by atoms with van der Waals surface area (Å²) in [5, 5.41) is 10.5. The van der Waals surface area contributed by atoms with E-state index >= 15 is 0 Å². The van der Waals surface area contributed by atoms with Crippen molar-refractivity contribution in [1.82, 2.24) is 0 Å². The molecular weight excluding hydrogens is 185 g/mol. The van der Waals surface area contributed by atoms with E-state index < -0.39 is 4.92 Å². The molecule has 0 spiro atoms. The number of hydrogen-bond donors (Lipinski definition) is 0. The summed E-state index contributed by atoms with van der Waals surface area (Å²) in [6, 6.07) is 5.57. The number of nitro groups is 1. The third-order valence-corrected chi connectivity index (χ3v) is 1.80. The lowest BCUT2D eigenvalue weighted by Gasteiger charge is -1.95. The van der Waals surface area contributed by atoms with Crippen LogP contribution < -0.4 is 0 Å². The molecule has 0 heterocycles. The van der Waals surface area contributed by atoms with E-state index in [-0.39, 0.29) is 11.5 Å². The highest BCUT2D eigenvalue weighted by Crippen LogP contribution is 2.10. The highest BCUT2D eigenvalue weighted by molar-refractivity contribution is 5.50. The molecule has 0 aromatic heterocycles. The van der Waals surface area contributed by atoms with Crippen LogP contribution in [0.5, 0.6) is 0 Å². The van der Waals surface area contributed by atoms with Gasteiger partial charge in [0.1, 0.15) is 5.82 Å². The minimum Gasteiger partial charge on any atom is -0.259 e. The summed E-state index contributed by atoms with van der Waals surface area (Å²) < 4.78 is 12.5. The van der Waals surface area contributed by atoms with E-state index in [1.807, 2.05) is 0 Å². The van der Waals surface area contributed by atoms with Crippen LogP contribution in [0.15, 0.2) is 30.0 Å². The van der Waals surface area contributed by atoms with Gasteiger partial charge >= 0.3 is 0 Å². The van der Waals surface area contributed by atoms with Crippen molar-refractivity contribution in [3.8, 4) is 0 Å². The van der Waals surface area contributed by atoms with E-state index in [2.05, 4.69) is 0 Å². The Balaban J connectivity index is 2.95. The fraction of sp³-hybridized carbons (Fsp3) is 0.200. The normalized spacial score (nSPS) is 11.4. The largest absolute Gasteiger partial charge is 0.259 e. The first kappa shape index (κ1) is 10.4. The van der Waals surface area contributed by atoms with Gasteiger partial charge in [-0.2, -0.15) is 0 Å². The molecule has 0 aliphatic carbocycles. The second-order valence-electron chi connectivity index (χ2n) is 2.80. The van der Waals surface area contributed by atoms with Crippen molar-refractivity contribution in [2.24, 2.45) is 0 Å². The molecule has 0 amide bonds. The first-order chi connectivity index (χ1) is 6.63. The molecule has 1 aromatic carbocycles. The average Bonchev–Trinajstić information content (AvgIpc) is 2.16. The Morgan fingerprint density at radius 3 is 2.50 bits per heavy atom. The van der Waals surface area contributed by atoms with Crippen molar-refractivity contribution in [2.45, 2.75) is 13.3 Å². The van der Waals surface area contributed by atoms with Crippen LogP contribution in [0.3, 0.4) is 0 Å². The first-order valence-corrected chi connectivity index (χ1v) is 4.24. The van der Waals surface area contributed by atoms with E-state index in [1.54, 1.807) is 6.92 Å². The summed E-state index contributed by atoms with van der Waals surface area (Å²) in [6.07, 6.45) is 1.80. The molecule has 0 bridgehead atoms. The van der Waals surface area contributed by atoms with Crippen LogP contribution in [-0.2, 0) is 0 Å². The van der Waals surface area contributed by atoms with Gasteiger partial charge in [0, 0.05) is 12.5 Å². The van der Waals surface area contributed by atoms with Crippen LogP contribution in [0, 0.1) is 15.9 Å². The molecule has 1 rings (SSSR count). The van der Waals surface area contributed by atoms with Gasteiger partial charge in [-0.1, -0.05) is 19.1 Å². The molecular formula is C10H10FNO2. The van der Waals surface area contributed by atoms with Gasteiger partial charge in [-0.05, 0) is 17.7 Å². The lowest BCUT2D eigenvalue weighted by molar-refractivity contribution is -0.425. The van der Waals surface area contributed by atoms with Crippen LogP contribution in [0.1, 0.15) is 18.9 Å². The Kier molecular flexibility index (Phi) is 3.34. The van der Waals surface area contributed by atoms with Crippen molar-refractivity contribution in [2.75, 3.05) is 0 Å². The SMILES string of the molecule is CC/C(=C\c1ccc(F)cc1)[N+](=O)[O-]. The highest BCUT2D eigenvalue weighted by Gasteiger charge is 2.06. The number of rotatable bonds is 3. The number of halogens is 1. The first-order valence-electron chi connectivity index (χ1n) is 4.24. The Bertz CT molecular complexity index is 357. The molecule has 0 radical (unpaired) electrons. The molecule has 1 aromatic rings. The number of benzene rings is 1. The van der Waals surface area contributed by atoms with Gasteiger partial charge < -0.3 is 0 Å². The van der Waals surface area contributed by atoms with Crippen molar-refractivity contribution in [3.05, 3.63) is 51.5 Å². The Labute approximate surface area is 81.0 Å². The Hall–Kier alpha value is -1.71. The summed E-state index contributed by atoms with van der Waals surface area (Å²) in [6.45, 7) is 1.71. The molecule has 0 aliphatic rings. The molecule has 0 saturated carbocycles. The minimum absolute atomic E-state index is 0.122. The fourth-order valence-electron chi connectivity index (χ4n) is 1.04. The summed E-state index contributed by atoms with van der Waals surface area (Å²) in [7, 11) is 0. The van der Waals surface area contributed by atoms with Crippen LogP contribution >= 0.6 is 0 Å². The lowest BCUT2D eigenvalue weighted by atomic mass is 10.2. The van der Waals surface area contributed by atoms with Crippen LogP contribution in [0.4, 0.5) is 4.39 Å². The quantitative estimate of drug-likeness (QED) is 0.549. The smallest absolute Gasteiger partial charge is 0.246 e. The van der Waals surface area contributed by atoms with Gasteiger partial charge in [0.25, 0.3) is 0 Å². The fourth-order valence-corrected chi connectivity index (χ4v) is 1.04. The monoisotopic (exact) mass is 195 g/mol. The molecule has 0 saturated heterocycles. The summed E-state index contributed by atoms with van der Waals surface area (Å²) in [5.74, 6) is -0.346. The third kappa shape index (κ3) is 2.65. The molecule has 74 valence electrons. The second kappa shape index (κ2) is 4.50. The van der Waals surface area contributed by atoms with E-state index in [0.29, 0.717) is 12.0 Å². The van der Waals surface area contributed by atoms with Crippen molar-refractivity contribution in [1.29, 1.82) is 0 Å². The van der Waals surface area contributed by atoms with Gasteiger partial charge in [0.2, 0.25) is 5.70 Å². The topological polar surface area (TPSA) is 43.1 Å². The molecule has 0 N–H and O–H groups in total. The maximum Gasteiger partial charge on any atom is 0.246 e. The average molecular weight is 195 g/mol. The zero-order valence-electron chi connectivity index (χ0n) is 7.74. The van der Waals surface area contributed by atoms with Gasteiger partial charge in [-0.3, -0.25) is 10.1 Å². The highest BCUT2D eigenvalue weighted by atomic mass is 19.1. The minimum atomic E-state index is -0.427. The number of nitrogens with zero attached hydrogens (tertiary/aromatic N) is 1. The van der Waals surface area contributed by atoms with Gasteiger partial charge in [-0.15, -0.1) is 0 Å². The van der Waals surface area contributed by atoms with Crippen LogP contribution in [0.25, 0.3) is 6.08 Å². The van der Waals surface area contributed by atoms with E-state index in [4.69, 9.17) is 0 Å². The molecule has 4 heteroatoms. The van der Waals surface area contributed by atoms with Crippen molar-refractivity contribution < 1.29 is 9.31 Å². The zero-order valence-corrected chi connectivity index (χ0v) is 7.74. The molecule has 0 fully saturated rings. The van der Waals surface area contributed by atoms with Gasteiger partial charge in [-0.25, -0.2) is 4.39 Å². The van der Waals surface area contributed by atoms with Gasteiger partial charge in [0.15, 0.2) is 0 Å². The maximum atomic E-state index is 12.5. The Morgan fingerprint density at radius 1 is 1.50 bits per heavy atom. The predicted octanol–water partition coefficient (Wildman–Crippen LogP) is 2.85. The van der Waals surface area contributed by atoms with E-state index in [1.165, 1.54) is 30.3 Å². The van der Waals surface area contributed by atoms with Crippen molar-refractivity contribution >= 4 is 6.08 Å².